The van der Waals surface area contributed by atoms with Gasteiger partial charge in [0.05, 0.1) is 0 Å². The summed E-state index contributed by atoms with van der Waals surface area (Å²) < 4.78 is 0. The lowest BCUT2D eigenvalue weighted by atomic mass is 10.1. The van der Waals surface area contributed by atoms with E-state index in [9.17, 15) is 0 Å². The Balaban J connectivity index is 1.83. The predicted octanol–water partition coefficient (Wildman–Crippen LogP) is 3.42. The first-order valence-corrected chi connectivity index (χ1v) is 7.75. The molecule has 0 atom stereocenters. The lowest BCUT2D eigenvalue weighted by molar-refractivity contribution is 0.221. The van der Waals surface area contributed by atoms with E-state index in [1.807, 2.05) is 0 Å². The van der Waals surface area contributed by atoms with Crippen LogP contribution in [0.4, 0.5) is 0 Å². The summed E-state index contributed by atoms with van der Waals surface area (Å²) in [6.07, 6.45) is 4.15. The number of hydrogen-bond acceptors (Lipinski definition) is 2. The van der Waals surface area contributed by atoms with E-state index in [4.69, 9.17) is 0 Å². The van der Waals surface area contributed by atoms with Crippen molar-refractivity contribution < 1.29 is 0 Å². The van der Waals surface area contributed by atoms with Crippen molar-refractivity contribution in [2.45, 2.75) is 46.2 Å². The molecule has 1 saturated heterocycles. The summed E-state index contributed by atoms with van der Waals surface area (Å²) in [5.41, 5.74) is 2.88. The quantitative estimate of drug-likeness (QED) is 0.843. The molecule has 0 aromatic heterocycles. The van der Waals surface area contributed by atoms with Crippen molar-refractivity contribution >= 4 is 0 Å². The molecule has 19 heavy (non-hydrogen) atoms. The number of likely N-dealkylation sites (tertiary alicyclic amines) is 1. The zero-order valence-corrected chi connectivity index (χ0v) is 12.5. The molecular formula is C17H28N2. The third-order valence-corrected chi connectivity index (χ3v) is 3.73. The topological polar surface area (TPSA) is 15.3 Å². The number of hydrogen-bond donors (Lipinski definition) is 1. The molecule has 1 aromatic rings. The van der Waals surface area contributed by atoms with Crippen LogP contribution in [0.15, 0.2) is 24.3 Å². The highest BCUT2D eigenvalue weighted by atomic mass is 15.1. The van der Waals surface area contributed by atoms with Gasteiger partial charge in [0, 0.05) is 13.1 Å². The van der Waals surface area contributed by atoms with Crippen LogP contribution in [0.25, 0.3) is 0 Å². The fraction of sp³-hybridized carbons (Fsp3) is 0.647. The monoisotopic (exact) mass is 260 g/mol. The van der Waals surface area contributed by atoms with E-state index in [0.717, 1.165) is 25.6 Å². The molecule has 2 rings (SSSR count). The molecule has 0 aliphatic carbocycles. The lowest BCUT2D eigenvalue weighted by Crippen LogP contribution is -2.29. The van der Waals surface area contributed by atoms with Crippen LogP contribution >= 0.6 is 0 Å². The summed E-state index contributed by atoms with van der Waals surface area (Å²) in [6, 6.07) is 9.06. The Hall–Kier alpha value is -0.860. The number of benzene rings is 1. The third kappa shape index (κ3) is 5.33. The van der Waals surface area contributed by atoms with Crippen molar-refractivity contribution in [3.63, 3.8) is 0 Å². The van der Waals surface area contributed by atoms with Gasteiger partial charge in [-0.3, -0.25) is 4.90 Å². The maximum absolute atomic E-state index is 3.52. The van der Waals surface area contributed by atoms with Crippen molar-refractivity contribution in [1.82, 2.24) is 10.2 Å². The third-order valence-electron chi connectivity index (χ3n) is 3.73. The van der Waals surface area contributed by atoms with Gasteiger partial charge in [-0.15, -0.1) is 0 Å². The van der Waals surface area contributed by atoms with E-state index in [1.54, 1.807) is 0 Å². The Kier molecular flexibility index (Phi) is 5.87. The van der Waals surface area contributed by atoms with Gasteiger partial charge >= 0.3 is 0 Å². The smallest absolute Gasteiger partial charge is 0.0233 e. The maximum Gasteiger partial charge on any atom is 0.0233 e. The Labute approximate surface area is 118 Å². The molecule has 2 heteroatoms. The SMILES string of the molecule is CC(C)CNCc1cccc(CN2CCCCC2)c1. The highest BCUT2D eigenvalue weighted by molar-refractivity contribution is 5.23. The first-order chi connectivity index (χ1) is 9.24. The van der Waals surface area contributed by atoms with Crippen LogP contribution in [0.1, 0.15) is 44.2 Å². The van der Waals surface area contributed by atoms with Crippen molar-refractivity contribution in [2.75, 3.05) is 19.6 Å². The molecule has 0 amide bonds. The average molecular weight is 260 g/mol. The summed E-state index contributed by atoms with van der Waals surface area (Å²) in [7, 11) is 0. The van der Waals surface area contributed by atoms with Gasteiger partial charge in [-0.2, -0.15) is 0 Å². The van der Waals surface area contributed by atoms with Crippen molar-refractivity contribution in [1.29, 1.82) is 0 Å². The fourth-order valence-corrected chi connectivity index (χ4v) is 2.72. The van der Waals surface area contributed by atoms with Gasteiger partial charge in [0.15, 0.2) is 0 Å². The van der Waals surface area contributed by atoms with Crippen LogP contribution in [0, 0.1) is 5.92 Å². The van der Waals surface area contributed by atoms with Gasteiger partial charge in [-0.25, -0.2) is 0 Å². The van der Waals surface area contributed by atoms with Gasteiger partial charge < -0.3 is 5.32 Å². The molecule has 2 nitrogen and oxygen atoms in total. The van der Waals surface area contributed by atoms with Crippen molar-refractivity contribution in [3.8, 4) is 0 Å². The van der Waals surface area contributed by atoms with E-state index in [1.165, 1.54) is 43.5 Å². The van der Waals surface area contributed by atoms with E-state index in [2.05, 4.69) is 48.3 Å². The molecule has 1 fully saturated rings. The Morgan fingerprint density at radius 1 is 1.11 bits per heavy atom. The Morgan fingerprint density at radius 2 is 1.84 bits per heavy atom. The maximum atomic E-state index is 3.52. The molecule has 0 saturated carbocycles. The fourth-order valence-electron chi connectivity index (χ4n) is 2.72. The van der Waals surface area contributed by atoms with Crippen LogP contribution in [0.3, 0.4) is 0 Å². The predicted molar refractivity (Wildman–Crippen MR) is 82.1 cm³/mol. The van der Waals surface area contributed by atoms with Crippen molar-refractivity contribution in [3.05, 3.63) is 35.4 Å². The molecule has 1 N–H and O–H groups in total. The van der Waals surface area contributed by atoms with Crippen molar-refractivity contribution in [2.24, 2.45) is 5.92 Å². The lowest BCUT2D eigenvalue weighted by Gasteiger charge is -2.26. The average Bonchev–Trinajstić information content (AvgIpc) is 2.40. The zero-order valence-electron chi connectivity index (χ0n) is 12.5. The zero-order chi connectivity index (χ0) is 13.5. The molecule has 0 radical (unpaired) electrons. The second-order valence-electron chi connectivity index (χ2n) is 6.18. The second kappa shape index (κ2) is 7.66. The minimum atomic E-state index is 0.719. The number of rotatable bonds is 6. The van der Waals surface area contributed by atoms with Crippen LogP contribution in [-0.2, 0) is 13.1 Å². The summed E-state index contributed by atoms with van der Waals surface area (Å²) in [5, 5.41) is 3.52. The Bertz CT molecular complexity index is 367. The molecule has 1 aliphatic heterocycles. The molecule has 0 spiro atoms. The van der Waals surface area contributed by atoms with E-state index >= 15 is 0 Å². The summed E-state index contributed by atoms with van der Waals surface area (Å²) in [6.45, 7) is 10.3. The van der Waals surface area contributed by atoms with E-state index in [-0.39, 0.29) is 0 Å². The highest BCUT2D eigenvalue weighted by Crippen LogP contribution is 2.14. The van der Waals surface area contributed by atoms with Crippen LogP contribution in [0.5, 0.6) is 0 Å². The molecule has 0 unspecified atom stereocenters. The van der Waals surface area contributed by atoms with Gasteiger partial charge in [0.1, 0.15) is 0 Å². The normalized spacial score (nSPS) is 17.0. The first-order valence-electron chi connectivity index (χ1n) is 7.75. The molecule has 106 valence electrons. The van der Waals surface area contributed by atoms with Gasteiger partial charge in [0.25, 0.3) is 0 Å². The van der Waals surface area contributed by atoms with E-state index in [0.29, 0.717) is 0 Å². The minimum absolute atomic E-state index is 0.719. The van der Waals surface area contributed by atoms with E-state index < -0.39 is 0 Å². The van der Waals surface area contributed by atoms with Crippen LogP contribution in [-0.4, -0.2) is 24.5 Å². The standard InChI is InChI=1S/C17H28N2/c1-15(2)12-18-13-16-7-6-8-17(11-16)14-19-9-4-3-5-10-19/h6-8,11,15,18H,3-5,9-10,12-14H2,1-2H3. The summed E-state index contributed by atoms with van der Waals surface area (Å²) >= 11 is 0. The molecule has 0 bridgehead atoms. The molecular weight excluding hydrogens is 232 g/mol. The molecule has 1 aliphatic rings. The van der Waals surface area contributed by atoms with Crippen LogP contribution in [0.2, 0.25) is 0 Å². The van der Waals surface area contributed by atoms with Gasteiger partial charge in [0.2, 0.25) is 0 Å². The van der Waals surface area contributed by atoms with Gasteiger partial charge in [-0.1, -0.05) is 44.5 Å². The van der Waals surface area contributed by atoms with Gasteiger partial charge in [-0.05, 0) is 49.5 Å². The number of piperidine rings is 1. The summed E-state index contributed by atoms with van der Waals surface area (Å²) in [4.78, 5) is 2.59. The second-order valence-corrected chi connectivity index (χ2v) is 6.18. The number of nitrogens with zero attached hydrogens (tertiary/aromatic N) is 1. The minimum Gasteiger partial charge on any atom is -0.312 e. The largest absolute Gasteiger partial charge is 0.312 e. The highest BCUT2D eigenvalue weighted by Gasteiger charge is 2.10. The molecule has 1 heterocycles. The summed E-state index contributed by atoms with van der Waals surface area (Å²) in [5.74, 6) is 0.719. The Morgan fingerprint density at radius 3 is 2.58 bits per heavy atom. The first kappa shape index (κ1) is 14.5. The molecule has 1 aromatic carbocycles. The van der Waals surface area contributed by atoms with Crippen LogP contribution < -0.4 is 5.32 Å². The number of nitrogens with one attached hydrogen (secondary N) is 1.